The van der Waals surface area contributed by atoms with Crippen LogP contribution in [0.1, 0.15) is 19.8 Å². The predicted octanol–water partition coefficient (Wildman–Crippen LogP) is 1.03. The third-order valence-corrected chi connectivity index (χ3v) is 6.70. The Labute approximate surface area is 153 Å². The highest BCUT2D eigenvalue weighted by molar-refractivity contribution is 7.89. The zero-order chi connectivity index (χ0) is 19.5. The molecule has 0 bridgehead atoms. The molecule has 26 heavy (non-hydrogen) atoms. The van der Waals surface area contributed by atoms with Crippen LogP contribution in [0.5, 0.6) is 5.75 Å². The van der Waals surface area contributed by atoms with E-state index in [0.717, 1.165) is 0 Å². The first-order valence-electron chi connectivity index (χ1n) is 8.32. The van der Waals surface area contributed by atoms with Crippen molar-refractivity contribution in [3.63, 3.8) is 0 Å². The molecule has 1 heterocycles. The van der Waals surface area contributed by atoms with Gasteiger partial charge in [0.2, 0.25) is 15.9 Å². The van der Waals surface area contributed by atoms with Gasteiger partial charge in [-0.2, -0.15) is 4.31 Å². The Morgan fingerprint density at radius 1 is 1.23 bits per heavy atom. The van der Waals surface area contributed by atoms with E-state index in [2.05, 4.69) is 0 Å². The molecule has 1 aliphatic heterocycles. The highest BCUT2D eigenvalue weighted by atomic mass is 32.2. The number of carboxylic acid groups (broad SMARTS) is 1. The van der Waals surface area contributed by atoms with Crippen molar-refractivity contribution in [3.05, 3.63) is 24.3 Å². The number of carbonyl (C=O) groups excluding carboxylic acids is 1. The molecule has 144 valence electrons. The summed E-state index contributed by atoms with van der Waals surface area (Å²) in [6.07, 6.45) is 0.732. The zero-order valence-electron chi connectivity index (χ0n) is 15.1. The second-order valence-electron chi connectivity index (χ2n) is 6.32. The Balaban J connectivity index is 2.02. The molecule has 0 radical (unpaired) electrons. The second kappa shape index (κ2) is 8.05. The van der Waals surface area contributed by atoms with Crippen LogP contribution in [0.2, 0.25) is 0 Å². The van der Waals surface area contributed by atoms with Gasteiger partial charge in [-0.3, -0.25) is 4.79 Å². The maximum absolute atomic E-state index is 12.7. The molecule has 0 saturated carbocycles. The maximum atomic E-state index is 12.7. The smallest absolute Gasteiger partial charge is 0.326 e. The highest BCUT2D eigenvalue weighted by Crippen LogP contribution is 2.26. The molecule has 1 aromatic carbocycles. The van der Waals surface area contributed by atoms with Gasteiger partial charge in [-0.25, -0.2) is 13.2 Å². The van der Waals surface area contributed by atoms with Crippen molar-refractivity contribution in [2.24, 2.45) is 5.92 Å². The average Bonchev–Trinajstić information content (AvgIpc) is 2.66. The van der Waals surface area contributed by atoms with Gasteiger partial charge in [0.05, 0.1) is 12.0 Å². The Kier molecular flexibility index (Phi) is 6.25. The molecule has 1 saturated heterocycles. The number of aliphatic carboxylic acids is 1. The summed E-state index contributed by atoms with van der Waals surface area (Å²) in [7, 11) is -0.660. The van der Waals surface area contributed by atoms with Crippen LogP contribution in [0.25, 0.3) is 0 Å². The van der Waals surface area contributed by atoms with Gasteiger partial charge in [0.1, 0.15) is 11.8 Å². The zero-order valence-corrected chi connectivity index (χ0v) is 15.9. The van der Waals surface area contributed by atoms with Crippen LogP contribution in [-0.2, 0) is 19.6 Å². The predicted molar refractivity (Wildman–Crippen MR) is 94.3 cm³/mol. The Bertz CT molecular complexity index is 754. The molecule has 1 aliphatic rings. The summed E-state index contributed by atoms with van der Waals surface area (Å²) >= 11 is 0. The number of likely N-dealkylation sites (N-methyl/N-ethyl adjacent to an activating group) is 1. The fraction of sp³-hybridized carbons (Fsp3) is 0.529. The SMILES string of the molecule is COc1ccc(S(=O)(=O)N2CCC(C(=O)N(C)C(C)C(=O)O)CC2)cc1. The van der Waals surface area contributed by atoms with Crippen LogP contribution in [0.4, 0.5) is 0 Å². The largest absolute Gasteiger partial charge is 0.497 e. The van der Waals surface area contributed by atoms with Crippen LogP contribution in [0, 0.1) is 5.92 Å². The average molecular weight is 384 g/mol. The third-order valence-electron chi connectivity index (χ3n) is 4.79. The molecule has 0 aliphatic carbocycles. The third kappa shape index (κ3) is 4.16. The lowest BCUT2D eigenvalue weighted by molar-refractivity contribution is -0.150. The summed E-state index contributed by atoms with van der Waals surface area (Å²) in [5.41, 5.74) is 0. The molecule has 9 heteroatoms. The quantitative estimate of drug-likeness (QED) is 0.785. The molecule has 0 aromatic heterocycles. The van der Waals surface area contributed by atoms with Gasteiger partial charge in [0.15, 0.2) is 0 Å². The fourth-order valence-electron chi connectivity index (χ4n) is 2.88. The summed E-state index contributed by atoms with van der Waals surface area (Å²) < 4.78 is 31.8. The van der Waals surface area contributed by atoms with Gasteiger partial charge in [-0.15, -0.1) is 0 Å². The van der Waals surface area contributed by atoms with Gasteiger partial charge >= 0.3 is 5.97 Å². The molecule has 1 unspecified atom stereocenters. The first kappa shape index (κ1) is 20.2. The number of methoxy groups -OCH3 is 1. The molecule has 2 rings (SSSR count). The van der Waals surface area contributed by atoms with Crippen LogP contribution < -0.4 is 4.74 Å². The Morgan fingerprint density at radius 3 is 2.23 bits per heavy atom. The first-order valence-corrected chi connectivity index (χ1v) is 9.76. The fourth-order valence-corrected chi connectivity index (χ4v) is 4.35. The minimum absolute atomic E-state index is 0.180. The van der Waals surface area contributed by atoms with Gasteiger partial charge < -0.3 is 14.7 Å². The molecular formula is C17H24N2O6S. The van der Waals surface area contributed by atoms with Crippen LogP contribution in [0.3, 0.4) is 0 Å². The van der Waals surface area contributed by atoms with Crippen LogP contribution in [0.15, 0.2) is 29.2 Å². The van der Waals surface area contributed by atoms with E-state index in [1.807, 2.05) is 0 Å². The van der Waals surface area contributed by atoms with E-state index in [0.29, 0.717) is 18.6 Å². The minimum atomic E-state index is -3.63. The lowest BCUT2D eigenvalue weighted by atomic mass is 9.96. The molecule has 1 N–H and O–H groups in total. The van der Waals surface area contributed by atoms with Gasteiger partial charge in [0.25, 0.3) is 0 Å². The van der Waals surface area contributed by atoms with Crippen molar-refractivity contribution in [2.45, 2.75) is 30.7 Å². The number of piperidine rings is 1. The standard InChI is InChI=1S/C17H24N2O6S/c1-12(17(21)22)18(2)16(20)13-8-10-19(11-9-13)26(23,24)15-6-4-14(25-3)5-7-15/h4-7,12-13H,8-11H2,1-3H3,(H,21,22). The van der Waals surface area contributed by atoms with Crippen LogP contribution >= 0.6 is 0 Å². The van der Waals surface area contributed by atoms with Crippen molar-refractivity contribution in [1.82, 2.24) is 9.21 Å². The Hall–Kier alpha value is -2.13. The van der Waals surface area contributed by atoms with E-state index < -0.39 is 22.0 Å². The van der Waals surface area contributed by atoms with E-state index in [1.54, 1.807) is 12.1 Å². The normalized spacial score (nSPS) is 17.5. The molecule has 8 nitrogen and oxygen atoms in total. The van der Waals surface area contributed by atoms with Crippen molar-refractivity contribution in [2.75, 3.05) is 27.2 Å². The number of ether oxygens (including phenoxy) is 1. The van der Waals surface area contributed by atoms with Gasteiger partial charge in [-0.1, -0.05) is 0 Å². The van der Waals surface area contributed by atoms with Crippen molar-refractivity contribution >= 4 is 21.9 Å². The van der Waals surface area contributed by atoms with Crippen molar-refractivity contribution in [1.29, 1.82) is 0 Å². The Morgan fingerprint density at radius 2 is 1.77 bits per heavy atom. The van der Waals surface area contributed by atoms with E-state index >= 15 is 0 Å². The second-order valence-corrected chi connectivity index (χ2v) is 8.26. The van der Waals surface area contributed by atoms with Gasteiger partial charge in [-0.05, 0) is 44.0 Å². The van der Waals surface area contributed by atoms with E-state index in [1.165, 1.54) is 42.4 Å². The topological polar surface area (TPSA) is 104 Å². The number of rotatable bonds is 6. The maximum Gasteiger partial charge on any atom is 0.326 e. The molecule has 1 fully saturated rings. The molecule has 1 atom stereocenters. The number of amides is 1. The summed E-state index contributed by atoms with van der Waals surface area (Å²) in [5.74, 6) is -1.13. The van der Waals surface area contributed by atoms with E-state index in [-0.39, 0.29) is 29.8 Å². The molecule has 0 spiro atoms. The summed E-state index contributed by atoms with van der Waals surface area (Å²) in [6.45, 7) is 1.89. The minimum Gasteiger partial charge on any atom is -0.497 e. The first-order chi connectivity index (χ1) is 12.2. The number of carbonyl (C=O) groups is 2. The lowest BCUT2D eigenvalue weighted by Gasteiger charge is -2.33. The van der Waals surface area contributed by atoms with Gasteiger partial charge in [0, 0.05) is 26.1 Å². The number of carboxylic acids is 1. The van der Waals surface area contributed by atoms with E-state index in [9.17, 15) is 18.0 Å². The number of sulfonamides is 1. The molecular weight excluding hydrogens is 360 g/mol. The number of hydrogen-bond acceptors (Lipinski definition) is 5. The van der Waals surface area contributed by atoms with Crippen LogP contribution in [-0.4, -0.2) is 67.9 Å². The van der Waals surface area contributed by atoms with E-state index in [4.69, 9.17) is 9.84 Å². The summed E-state index contributed by atoms with van der Waals surface area (Å²) in [5, 5.41) is 9.02. The van der Waals surface area contributed by atoms with Crippen molar-refractivity contribution in [3.8, 4) is 5.75 Å². The monoisotopic (exact) mass is 384 g/mol. The molecule has 1 aromatic rings. The number of nitrogens with zero attached hydrogens (tertiary/aromatic N) is 2. The van der Waals surface area contributed by atoms with Crippen molar-refractivity contribution < 1.29 is 27.9 Å². The number of benzene rings is 1. The highest BCUT2D eigenvalue weighted by Gasteiger charge is 2.34. The summed E-state index contributed by atoms with van der Waals surface area (Å²) in [6, 6.07) is 5.25. The lowest BCUT2D eigenvalue weighted by Crippen LogP contribution is -2.47. The number of hydrogen-bond donors (Lipinski definition) is 1. The summed E-state index contributed by atoms with van der Waals surface area (Å²) in [4.78, 5) is 24.8. The molecule has 1 amide bonds.